The number of rotatable bonds is 8. The monoisotopic (exact) mass is 484 g/mol. The fourth-order valence-corrected chi connectivity index (χ4v) is 4.32. The number of amides is 1. The van der Waals surface area contributed by atoms with Gasteiger partial charge in [0.25, 0.3) is 0 Å². The number of nitrogens with two attached hydrogens (primary N) is 1. The van der Waals surface area contributed by atoms with Crippen LogP contribution in [0.1, 0.15) is 15.9 Å². The zero-order valence-electron chi connectivity index (χ0n) is 19.0. The maximum atomic E-state index is 13.2. The van der Waals surface area contributed by atoms with Crippen molar-refractivity contribution in [2.45, 2.75) is 6.54 Å². The zero-order chi connectivity index (χ0) is 25.2. The van der Waals surface area contributed by atoms with Crippen LogP contribution in [0.2, 0.25) is 0 Å². The lowest BCUT2D eigenvalue weighted by atomic mass is 10.1. The van der Waals surface area contributed by atoms with Crippen molar-refractivity contribution in [3.05, 3.63) is 102 Å². The molecule has 1 amide bonds. The van der Waals surface area contributed by atoms with Crippen molar-refractivity contribution in [1.29, 1.82) is 0 Å². The average Bonchev–Trinajstić information content (AvgIpc) is 3.18. The summed E-state index contributed by atoms with van der Waals surface area (Å²) in [6, 6.07) is 23.9. The average molecular weight is 484 g/mol. The van der Waals surface area contributed by atoms with E-state index in [0.717, 1.165) is 16.6 Å². The third kappa shape index (κ3) is 4.44. The zero-order valence-corrected chi connectivity index (χ0v) is 19.0. The van der Waals surface area contributed by atoms with Gasteiger partial charge < -0.3 is 24.9 Å². The number of halogens is 1. The van der Waals surface area contributed by atoms with E-state index in [-0.39, 0.29) is 5.82 Å². The molecule has 1 heterocycles. The van der Waals surface area contributed by atoms with Gasteiger partial charge in [0.05, 0.1) is 16.4 Å². The van der Waals surface area contributed by atoms with E-state index in [9.17, 15) is 14.0 Å². The second kappa shape index (κ2) is 9.42. The Labute approximate surface area is 205 Å². The van der Waals surface area contributed by atoms with E-state index >= 15 is 0 Å². The van der Waals surface area contributed by atoms with Crippen LogP contribution in [0.4, 0.5) is 4.39 Å². The molecule has 0 bridgehead atoms. The normalized spacial score (nSPS) is 11.0. The second-order valence-electron chi connectivity index (χ2n) is 8.19. The van der Waals surface area contributed by atoms with Gasteiger partial charge in [0, 0.05) is 17.5 Å². The number of hydrogen-bond donors (Lipinski definition) is 2. The van der Waals surface area contributed by atoms with E-state index in [0.29, 0.717) is 40.1 Å². The first-order valence-electron chi connectivity index (χ1n) is 11.1. The lowest BCUT2D eigenvalue weighted by Crippen LogP contribution is -2.11. The van der Waals surface area contributed by atoms with Gasteiger partial charge in [-0.1, -0.05) is 24.3 Å². The maximum absolute atomic E-state index is 13.2. The third-order valence-corrected chi connectivity index (χ3v) is 5.78. The molecule has 0 unspecified atom stereocenters. The van der Waals surface area contributed by atoms with Crippen molar-refractivity contribution in [1.82, 2.24) is 4.57 Å². The molecule has 0 aliphatic carbocycles. The van der Waals surface area contributed by atoms with Crippen molar-refractivity contribution in [2.24, 2.45) is 5.73 Å². The number of primary amides is 1. The number of aliphatic carboxylic acids is 1. The minimum Gasteiger partial charge on any atom is -0.481 e. The highest BCUT2D eigenvalue weighted by Gasteiger charge is 2.20. The predicted molar refractivity (Wildman–Crippen MR) is 133 cm³/mol. The van der Waals surface area contributed by atoms with Gasteiger partial charge in [-0.05, 0) is 66.2 Å². The molecular formula is C28H21FN2O5. The Bertz CT molecular complexity index is 1610. The van der Waals surface area contributed by atoms with Crippen LogP contribution in [-0.4, -0.2) is 28.2 Å². The summed E-state index contributed by atoms with van der Waals surface area (Å²) in [6.07, 6.45) is 0. The fraction of sp³-hybridized carbons (Fsp3) is 0.0714. The van der Waals surface area contributed by atoms with Crippen molar-refractivity contribution in [3.63, 3.8) is 0 Å². The molecule has 0 fully saturated rings. The van der Waals surface area contributed by atoms with Crippen LogP contribution in [0.5, 0.6) is 17.2 Å². The largest absolute Gasteiger partial charge is 0.481 e. The number of hydrogen-bond acceptors (Lipinski definition) is 4. The quantitative estimate of drug-likeness (QED) is 0.310. The number of fused-ring (bicyclic) bond motifs is 3. The van der Waals surface area contributed by atoms with Gasteiger partial charge in [0.15, 0.2) is 6.61 Å². The Morgan fingerprint density at radius 1 is 0.861 bits per heavy atom. The first kappa shape index (κ1) is 22.9. The molecule has 5 aromatic rings. The number of benzene rings is 4. The summed E-state index contributed by atoms with van der Waals surface area (Å²) in [4.78, 5) is 23.4. The first-order chi connectivity index (χ1) is 17.4. The number of carbonyl (C=O) groups excluding carboxylic acids is 1. The summed E-state index contributed by atoms with van der Waals surface area (Å²) in [7, 11) is 0. The standard InChI is InChI=1S/C28H21FN2O5/c29-18-10-12-19(13-11-18)36-20-5-1-4-17(14-20)15-31-22-7-2-6-21(28(30)34)26(22)27-23(31)8-3-9-24(27)35-16-25(32)33/h1-14H,15-16H2,(H2,30,34)(H,32,33). The van der Waals surface area contributed by atoms with Crippen LogP contribution in [-0.2, 0) is 11.3 Å². The Morgan fingerprint density at radius 2 is 1.56 bits per heavy atom. The van der Waals surface area contributed by atoms with Gasteiger partial charge in [-0.25, -0.2) is 9.18 Å². The summed E-state index contributed by atoms with van der Waals surface area (Å²) in [5.74, 6) is -0.601. The van der Waals surface area contributed by atoms with Crippen molar-refractivity contribution in [3.8, 4) is 17.2 Å². The Morgan fingerprint density at radius 3 is 2.28 bits per heavy atom. The van der Waals surface area contributed by atoms with E-state index in [1.54, 1.807) is 36.4 Å². The molecule has 0 radical (unpaired) electrons. The SMILES string of the molecule is NC(=O)c1cccc2c1c1c(OCC(=O)O)cccc1n2Cc1cccc(Oc2ccc(F)cc2)c1. The highest BCUT2D eigenvalue weighted by Crippen LogP contribution is 2.38. The Balaban J connectivity index is 1.61. The molecule has 0 aliphatic heterocycles. The summed E-state index contributed by atoms with van der Waals surface area (Å²) in [6.45, 7) is -0.0987. The van der Waals surface area contributed by atoms with Gasteiger partial charge in [-0.2, -0.15) is 0 Å². The molecule has 180 valence electrons. The number of nitrogens with zero attached hydrogens (tertiary/aromatic N) is 1. The number of carbonyl (C=O) groups is 2. The molecule has 0 aliphatic rings. The van der Waals surface area contributed by atoms with Crippen LogP contribution >= 0.6 is 0 Å². The molecule has 1 aromatic heterocycles. The van der Waals surface area contributed by atoms with E-state index in [2.05, 4.69) is 0 Å². The molecule has 0 saturated carbocycles. The molecule has 0 atom stereocenters. The van der Waals surface area contributed by atoms with Gasteiger partial charge in [-0.15, -0.1) is 0 Å². The van der Waals surface area contributed by atoms with E-state index in [1.165, 1.54) is 12.1 Å². The molecular weight excluding hydrogens is 463 g/mol. The summed E-state index contributed by atoms with van der Waals surface area (Å²) >= 11 is 0. The van der Waals surface area contributed by atoms with Crippen molar-refractivity contribution in [2.75, 3.05) is 6.61 Å². The fourth-order valence-electron chi connectivity index (χ4n) is 4.32. The summed E-state index contributed by atoms with van der Waals surface area (Å²) in [5.41, 5.74) is 8.42. The van der Waals surface area contributed by atoms with Gasteiger partial charge in [-0.3, -0.25) is 4.79 Å². The number of ether oxygens (including phenoxy) is 2. The highest BCUT2D eigenvalue weighted by molar-refractivity contribution is 6.19. The van der Waals surface area contributed by atoms with Crippen LogP contribution < -0.4 is 15.2 Å². The lowest BCUT2D eigenvalue weighted by Gasteiger charge is -2.11. The van der Waals surface area contributed by atoms with Crippen molar-refractivity contribution < 1.29 is 28.6 Å². The number of carboxylic acids is 1. The Hall–Kier alpha value is -4.85. The summed E-state index contributed by atoms with van der Waals surface area (Å²) < 4.78 is 26.7. The highest BCUT2D eigenvalue weighted by atomic mass is 19.1. The number of aromatic nitrogens is 1. The summed E-state index contributed by atoms with van der Waals surface area (Å²) in [5, 5.41) is 10.3. The minimum atomic E-state index is -1.11. The minimum absolute atomic E-state index is 0.316. The number of carboxylic acid groups (broad SMARTS) is 1. The van der Waals surface area contributed by atoms with Crippen LogP contribution in [0, 0.1) is 5.82 Å². The van der Waals surface area contributed by atoms with E-state index in [1.807, 2.05) is 41.0 Å². The molecule has 3 N–H and O–H groups in total. The molecule has 0 saturated heterocycles. The smallest absolute Gasteiger partial charge is 0.341 e. The molecule has 4 aromatic carbocycles. The van der Waals surface area contributed by atoms with Crippen LogP contribution in [0.3, 0.4) is 0 Å². The predicted octanol–water partition coefficient (Wildman–Crippen LogP) is 5.34. The molecule has 36 heavy (non-hydrogen) atoms. The maximum Gasteiger partial charge on any atom is 0.341 e. The lowest BCUT2D eigenvalue weighted by molar-refractivity contribution is -0.139. The van der Waals surface area contributed by atoms with E-state index < -0.39 is 18.5 Å². The molecule has 8 heteroatoms. The molecule has 5 rings (SSSR count). The first-order valence-corrected chi connectivity index (χ1v) is 11.1. The third-order valence-electron chi connectivity index (χ3n) is 5.78. The second-order valence-corrected chi connectivity index (χ2v) is 8.19. The topological polar surface area (TPSA) is 104 Å². The van der Waals surface area contributed by atoms with Crippen LogP contribution in [0.25, 0.3) is 21.8 Å². The molecule has 0 spiro atoms. The van der Waals surface area contributed by atoms with E-state index in [4.69, 9.17) is 20.3 Å². The molecule has 7 nitrogen and oxygen atoms in total. The van der Waals surface area contributed by atoms with Gasteiger partial charge in [0.2, 0.25) is 5.91 Å². The van der Waals surface area contributed by atoms with Gasteiger partial charge in [0.1, 0.15) is 23.1 Å². The Kier molecular flexibility index (Phi) is 6.00. The van der Waals surface area contributed by atoms with Crippen molar-refractivity contribution >= 4 is 33.7 Å². The van der Waals surface area contributed by atoms with Crippen LogP contribution in [0.15, 0.2) is 84.9 Å². The van der Waals surface area contributed by atoms with Gasteiger partial charge >= 0.3 is 5.97 Å².